The molecule has 1 atom stereocenters. The van der Waals surface area contributed by atoms with Crippen LogP contribution in [0.4, 0.5) is 0 Å². The van der Waals surface area contributed by atoms with Gasteiger partial charge in [0, 0.05) is 15.8 Å². The number of hydrogen-bond acceptors (Lipinski definition) is 2. The van der Waals surface area contributed by atoms with Crippen molar-refractivity contribution in [2.24, 2.45) is 0 Å². The van der Waals surface area contributed by atoms with Gasteiger partial charge in [-0.1, -0.05) is 24.3 Å². The molecule has 0 saturated carbocycles. The number of nitrogens with one attached hydrogen (secondary N) is 1. The smallest absolute Gasteiger partial charge is 0.0386 e. The van der Waals surface area contributed by atoms with E-state index in [9.17, 15) is 0 Å². The van der Waals surface area contributed by atoms with Crippen LogP contribution in [-0.4, -0.2) is 6.54 Å². The zero-order chi connectivity index (χ0) is 13.0. The zero-order valence-corrected chi connectivity index (χ0v) is 12.2. The Morgan fingerprint density at radius 1 is 1.11 bits per heavy atom. The van der Waals surface area contributed by atoms with E-state index in [0.29, 0.717) is 6.04 Å². The van der Waals surface area contributed by atoms with Crippen molar-refractivity contribution in [1.29, 1.82) is 0 Å². The number of benzene rings is 1. The molecule has 0 saturated heterocycles. The molecule has 1 aromatic heterocycles. The fourth-order valence-corrected chi connectivity index (χ4v) is 3.00. The van der Waals surface area contributed by atoms with Crippen molar-refractivity contribution in [2.45, 2.75) is 33.2 Å². The minimum Gasteiger partial charge on any atom is -0.309 e. The Morgan fingerprint density at radius 2 is 1.89 bits per heavy atom. The third-order valence-electron chi connectivity index (χ3n) is 3.29. The first-order valence-corrected chi connectivity index (χ1v) is 7.32. The predicted octanol–water partition coefficient (Wildman–Crippen LogP) is 4.26. The van der Waals surface area contributed by atoms with Crippen LogP contribution in [0.1, 0.15) is 33.8 Å². The minimum absolute atomic E-state index is 0.452. The lowest BCUT2D eigenvalue weighted by Crippen LogP contribution is -2.20. The summed E-state index contributed by atoms with van der Waals surface area (Å²) in [5.41, 5.74) is 2.83. The monoisotopic (exact) mass is 259 g/mol. The highest BCUT2D eigenvalue weighted by molar-refractivity contribution is 7.12. The van der Waals surface area contributed by atoms with Crippen molar-refractivity contribution in [3.63, 3.8) is 0 Å². The van der Waals surface area contributed by atoms with Crippen LogP contribution in [0.2, 0.25) is 0 Å². The molecule has 2 heteroatoms. The van der Waals surface area contributed by atoms with Crippen LogP contribution in [0.25, 0.3) is 0 Å². The van der Waals surface area contributed by atoms with Crippen LogP contribution in [0, 0.1) is 13.8 Å². The highest BCUT2D eigenvalue weighted by Crippen LogP contribution is 2.22. The van der Waals surface area contributed by atoms with E-state index < -0.39 is 0 Å². The van der Waals surface area contributed by atoms with Crippen molar-refractivity contribution in [1.82, 2.24) is 5.32 Å². The van der Waals surface area contributed by atoms with E-state index in [-0.39, 0.29) is 0 Å². The highest BCUT2D eigenvalue weighted by Gasteiger charge is 2.06. The molecule has 1 nitrogen and oxygen atoms in total. The van der Waals surface area contributed by atoms with E-state index in [2.05, 4.69) is 62.5 Å². The summed E-state index contributed by atoms with van der Waals surface area (Å²) in [4.78, 5) is 2.81. The maximum absolute atomic E-state index is 3.60. The fraction of sp³-hybridized carbons (Fsp3) is 0.375. The Bertz CT molecular complexity index is 501. The van der Waals surface area contributed by atoms with E-state index in [4.69, 9.17) is 0 Å². The van der Waals surface area contributed by atoms with Gasteiger partial charge >= 0.3 is 0 Å². The lowest BCUT2D eigenvalue weighted by molar-refractivity contribution is 0.584. The van der Waals surface area contributed by atoms with Crippen molar-refractivity contribution >= 4 is 11.3 Å². The molecule has 18 heavy (non-hydrogen) atoms. The summed E-state index contributed by atoms with van der Waals surface area (Å²) < 4.78 is 0. The van der Waals surface area contributed by atoms with Crippen LogP contribution in [0.5, 0.6) is 0 Å². The second-order valence-corrected chi connectivity index (χ2v) is 6.12. The van der Waals surface area contributed by atoms with Gasteiger partial charge in [-0.15, -0.1) is 11.3 Å². The summed E-state index contributed by atoms with van der Waals surface area (Å²) in [6, 6.07) is 13.5. The maximum atomic E-state index is 3.60. The molecular formula is C16H21NS. The van der Waals surface area contributed by atoms with Gasteiger partial charge in [0.2, 0.25) is 0 Å². The number of rotatable bonds is 5. The third-order valence-corrected chi connectivity index (χ3v) is 4.48. The molecule has 1 unspecified atom stereocenters. The van der Waals surface area contributed by atoms with Gasteiger partial charge in [0.05, 0.1) is 0 Å². The molecule has 0 aliphatic carbocycles. The molecule has 0 bridgehead atoms. The molecule has 0 radical (unpaired) electrons. The average Bonchev–Trinajstić information content (AvgIpc) is 2.78. The molecule has 96 valence electrons. The first-order valence-electron chi connectivity index (χ1n) is 6.51. The molecular weight excluding hydrogens is 238 g/mol. The van der Waals surface area contributed by atoms with Gasteiger partial charge in [-0.05, 0) is 57.0 Å². The highest BCUT2D eigenvalue weighted by atomic mass is 32.1. The SMILES string of the molecule is Cc1ccc(C(C)NCCc2ccccc2C)s1. The maximum Gasteiger partial charge on any atom is 0.0386 e. The second-order valence-electron chi connectivity index (χ2n) is 4.80. The largest absolute Gasteiger partial charge is 0.309 e. The Hall–Kier alpha value is -1.12. The molecule has 1 N–H and O–H groups in total. The van der Waals surface area contributed by atoms with E-state index >= 15 is 0 Å². The summed E-state index contributed by atoms with van der Waals surface area (Å²) >= 11 is 1.88. The summed E-state index contributed by atoms with van der Waals surface area (Å²) in [6.07, 6.45) is 1.10. The lowest BCUT2D eigenvalue weighted by Gasteiger charge is -2.12. The summed E-state index contributed by atoms with van der Waals surface area (Å²) in [6.45, 7) is 7.61. The van der Waals surface area contributed by atoms with Gasteiger partial charge in [0.15, 0.2) is 0 Å². The van der Waals surface area contributed by atoms with Gasteiger partial charge in [-0.2, -0.15) is 0 Å². The molecule has 0 aliphatic heterocycles. The second kappa shape index (κ2) is 6.17. The molecule has 0 amide bonds. The van der Waals surface area contributed by atoms with Crippen LogP contribution < -0.4 is 5.32 Å². The molecule has 0 spiro atoms. The molecule has 1 heterocycles. The van der Waals surface area contributed by atoms with E-state index in [0.717, 1.165) is 13.0 Å². The normalized spacial score (nSPS) is 12.6. The standard InChI is InChI=1S/C16H21NS/c1-12-6-4-5-7-15(12)10-11-17-14(3)16-9-8-13(2)18-16/h4-9,14,17H,10-11H2,1-3H3. The first kappa shape index (κ1) is 13.3. The van der Waals surface area contributed by atoms with Crippen molar-refractivity contribution in [3.8, 4) is 0 Å². The van der Waals surface area contributed by atoms with Crippen LogP contribution in [0.3, 0.4) is 0 Å². The topological polar surface area (TPSA) is 12.0 Å². The quantitative estimate of drug-likeness (QED) is 0.846. The minimum atomic E-state index is 0.452. The first-order chi connectivity index (χ1) is 8.66. The molecule has 1 aromatic carbocycles. The molecule has 0 fully saturated rings. The summed E-state index contributed by atoms with van der Waals surface area (Å²) in [7, 11) is 0. The Labute approximate surface area is 114 Å². The van der Waals surface area contributed by atoms with Crippen LogP contribution in [-0.2, 0) is 6.42 Å². The van der Waals surface area contributed by atoms with Crippen LogP contribution >= 0.6 is 11.3 Å². The lowest BCUT2D eigenvalue weighted by atomic mass is 10.1. The van der Waals surface area contributed by atoms with E-state index in [1.165, 1.54) is 20.9 Å². The van der Waals surface area contributed by atoms with Gasteiger partial charge in [0.1, 0.15) is 0 Å². The zero-order valence-electron chi connectivity index (χ0n) is 11.4. The van der Waals surface area contributed by atoms with Gasteiger partial charge in [-0.3, -0.25) is 0 Å². The molecule has 2 rings (SSSR count). The Balaban J connectivity index is 1.84. The van der Waals surface area contributed by atoms with Crippen LogP contribution in [0.15, 0.2) is 36.4 Å². The van der Waals surface area contributed by atoms with E-state index in [1.807, 2.05) is 11.3 Å². The summed E-state index contributed by atoms with van der Waals surface area (Å²) in [5.74, 6) is 0. The average molecular weight is 259 g/mol. The molecule has 0 aliphatic rings. The predicted molar refractivity (Wildman–Crippen MR) is 80.4 cm³/mol. The van der Waals surface area contributed by atoms with Gasteiger partial charge in [0.25, 0.3) is 0 Å². The number of aryl methyl sites for hydroxylation is 2. The number of hydrogen-bond donors (Lipinski definition) is 1. The Kier molecular flexibility index (Phi) is 4.56. The van der Waals surface area contributed by atoms with Crippen molar-refractivity contribution < 1.29 is 0 Å². The van der Waals surface area contributed by atoms with Gasteiger partial charge < -0.3 is 5.32 Å². The number of thiophene rings is 1. The van der Waals surface area contributed by atoms with Crippen molar-refractivity contribution in [3.05, 3.63) is 57.3 Å². The Morgan fingerprint density at radius 3 is 2.56 bits per heavy atom. The van der Waals surface area contributed by atoms with E-state index in [1.54, 1.807) is 0 Å². The fourth-order valence-electron chi connectivity index (χ4n) is 2.10. The van der Waals surface area contributed by atoms with Crippen molar-refractivity contribution in [2.75, 3.05) is 6.54 Å². The summed E-state index contributed by atoms with van der Waals surface area (Å²) in [5, 5.41) is 3.60. The van der Waals surface area contributed by atoms with Gasteiger partial charge in [-0.25, -0.2) is 0 Å². The third kappa shape index (κ3) is 3.44. The molecule has 2 aromatic rings.